The normalized spacial score (nSPS) is 18.7. The topological polar surface area (TPSA) is 75.0 Å². The molecule has 1 aliphatic heterocycles. The molecule has 1 atom stereocenters. The van der Waals surface area contributed by atoms with Crippen LogP contribution in [0.15, 0.2) is 35.0 Å². The summed E-state index contributed by atoms with van der Waals surface area (Å²) in [5.41, 5.74) is 1.76. The number of Topliss-reactive ketones (excluding diaryl/α,β-unsaturated/α-hetero) is 1. The third-order valence-electron chi connectivity index (χ3n) is 4.44. The number of aromatic nitrogens is 3. The summed E-state index contributed by atoms with van der Waals surface area (Å²) in [6, 6.07) is 7.78. The van der Waals surface area contributed by atoms with E-state index >= 15 is 0 Å². The summed E-state index contributed by atoms with van der Waals surface area (Å²) in [5, 5.41) is 4.93. The summed E-state index contributed by atoms with van der Waals surface area (Å²) in [6.07, 6.45) is 3.70. The van der Waals surface area contributed by atoms with Crippen LogP contribution in [0.1, 0.15) is 34.9 Å². The van der Waals surface area contributed by atoms with E-state index in [9.17, 15) is 4.79 Å². The predicted octanol–water partition coefficient (Wildman–Crippen LogP) is 2.71. The van der Waals surface area contributed by atoms with Crippen molar-refractivity contribution in [1.82, 2.24) is 20.0 Å². The third kappa shape index (κ3) is 2.55. The van der Waals surface area contributed by atoms with E-state index in [1.165, 1.54) is 0 Å². The number of benzene rings is 1. The lowest BCUT2D eigenvalue weighted by molar-refractivity contribution is 0.0860. The van der Waals surface area contributed by atoms with E-state index in [2.05, 4.69) is 20.0 Å². The highest BCUT2D eigenvalue weighted by atomic mass is 16.5. The number of aromatic amines is 1. The Morgan fingerprint density at radius 3 is 3.13 bits per heavy atom. The van der Waals surface area contributed by atoms with Gasteiger partial charge in [-0.1, -0.05) is 23.4 Å². The molecular weight excluding hydrogens is 292 g/mol. The Kier molecular flexibility index (Phi) is 3.46. The number of likely N-dealkylation sites (tertiary alicyclic amines) is 1. The number of nitrogens with one attached hydrogen (secondary N) is 1. The molecule has 1 unspecified atom stereocenters. The second-order valence-electron chi connectivity index (χ2n) is 5.97. The Hall–Kier alpha value is -2.47. The van der Waals surface area contributed by atoms with Crippen LogP contribution in [-0.4, -0.2) is 38.4 Å². The standard InChI is InChI=1S/C17H18N4O2/c1-11-19-16(20-23-11)10-21-8-4-7-15(21)17(22)13-9-18-14-6-3-2-5-12(13)14/h2-3,5-6,9,15,18H,4,7-8,10H2,1H3. The summed E-state index contributed by atoms with van der Waals surface area (Å²) in [5.74, 6) is 1.36. The second-order valence-corrected chi connectivity index (χ2v) is 5.97. The van der Waals surface area contributed by atoms with Crippen molar-refractivity contribution in [2.75, 3.05) is 6.54 Å². The van der Waals surface area contributed by atoms with Gasteiger partial charge in [-0.2, -0.15) is 4.98 Å². The SMILES string of the molecule is Cc1nc(CN2CCCC2C(=O)c2c[nH]c3ccccc23)no1. The molecule has 118 valence electrons. The van der Waals surface area contributed by atoms with Crippen molar-refractivity contribution in [3.63, 3.8) is 0 Å². The van der Waals surface area contributed by atoms with Gasteiger partial charge in [0.05, 0.1) is 12.6 Å². The minimum Gasteiger partial charge on any atom is -0.360 e. The first-order valence-electron chi connectivity index (χ1n) is 7.86. The molecule has 3 aromatic rings. The maximum atomic E-state index is 13.0. The molecule has 2 aromatic heterocycles. The zero-order chi connectivity index (χ0) is 15.8. The summed E-state index contributed by atoms with van der Waals surface area (Å²) in [4.78, 5) is 22.6. The first kappa shape index (κ1) is 14.1. The van der Waals surface area contributed by atoms with Gasteiger partial charge in [-0.15, -0.1) is 0 Å². The van der Waals surface area contributed by atoms with Crippen LogP contribution in [0.25, 0.3) is 10.9 Å². The highest BCUT2D eigenvalue weighted by Crippen LogP contribution is 2.26. The summed E-state index contributed by atoms with van der Waals surface area (Å²) in [7, 11) is 0. The number of para-hydroxylation sites is 1. The van der Waals surface area contributed by atoms with Crippen LogP contribution < -0.4 is 0 Å². The molecular formula is C17H18N4O2. The largest absolute Gasteiger partial charge is 0.360 e. The number of rotatable bonds is 4. The minimum atomic E-state index is -0.118. The number of hydrogen-bond acceptors (Lipinski definition) is 5. The zero-order valence-corrected chi connectivity index (χ0v) is 13.0. The van der Waals surface area contributed by atoms with Crippen molar-refractivity contribution >= 4 is 16.7 Å². The number of hydrogen-bond donors (Lipinski definition) is 1. The summed E-state index contributed by atoms with van der Waals surface area (Å²) in [6.45, 7) is 3.21. The van der Waals surface area contributed by atoms with E-state index in [-0.39, 0.29) is 11.8 Å². The Bertz CT molecular complexity index is 851. The third-order valence-corrected chi connectivity index (χ3v) is 4.44. The lowest BCUT2D eigenvalue weighted by Crippen LogP contribution is -2.35. The average Bonchev–Trinajstić information content (AvgIpc) is 3.27. The van der Waals surface area contributed by atoms with Crippen molar-refractivity contribution < 1.29 is 9.32 Å². The van der Waals surface area contributed by atoms with Gasteiger partial charge in [-0.3, -0.25) is 9.69 Å². The van der Waals surface area contributed by atoms with Gasteiger partial charge in [0.2, 0.25) is 5.89 Å². The number of carbonyl (C=O) groups is 1. The van der Waals surface area contributed by atoms with E-state index in [4.69, 9.17) is 4.52 Å². The van der Waals surface area contributed by atoms with Gasteiger partial charge in [0.25, 0.3) is 0 Å². The lowest BCUT2D eigenvalue weighted by atomic mass is 10.0. The van der Waals surface area contributed by atoms with Crippen LogP contribution in [0.5, 0.6) is 0 Å². The maximum Gasteiger partial charge on any atom is 0.223 e. The van der Waals surface area contributed by atoms with Crippen LogP contribution in [0.3, 0.4) is 0 Å². The Morgan fingerprint density at radius 1 is 1.43 bits per heavy atom. The van der Waals surface area contributed by atoms with Crippen molar-refractivity contribution in [3.8, 4) is 0 Å². The van der Waals surface area contributed by atoms with Crippen LogP contribution >= 0.6 is 0 Å². The van der Waals surface area contributed by atoms with Crippen LogP contribution in [0, 0.1) is 6.92 Å². The minimum absolute atomic E-state index is 0.118. The molecule has 0 aliphatic carbocycles. The number of carbonyl (C=O) groups excluding carboxylic acids is 1. The number of H-pyrrole nitrogens is 1. The molecule has 6 nitrogen and oxygen atoms in total. The fourth-order valence-corrected chi connectivity index (χ4v) is 3.35. The highest BCUT2D eigenvalue weighted by molar-refractivity contribution is 6.10. The molecule has 1 N–H and O–H groups in total. The number of nitrogens with zero attached hydrogens (tertiary/aromatic N) is 3. The molecule has 3 heterocycles. The monoisotopic (exact) mass is 310 g/mol. The van der Waals surface area contributed by atoms with Gasteiger partial charge in [-0.05, 0) is 25.5 Å². The molecule has 23 heavy (non-hydrogen) atoms. The first-order valence-corrected chi connectivity index (χ1v) is 7.86. The Labute approximate surface area is 133 Å². The van der Waals surface area contributed by atoms with Gasteiger partial charge >= 0.3 is 0 Å². The maximum absolute atomic E-state index is 13.0. The fraction of sp³-hybridized carbons (Fsp3) is 0.353. The zero-order valence-electron chi connectivity index (χ0n) is 13.0. The predicted molar refractivity (Wildman–Crippen MR) is 85.1 cm³/mol. The lowest BCUT2D eigenvalue weighted by Gasteiger charge is -2.21. The molecule has 0 spiro atoms. The number of aryl methyl sites for hydroxylation is 1. The number of ketones is 1. The highest BCUT2D eigenvalue weighted by Gasteiger charge is 2.33. The van der Waals surface area contributed by atoms with Crippen molar-refractivity contribution in [3.05, 3.63) is 47.7 Å². The molecule has 6 heteroatoms. The molecule has 0 radical (unpaired) electrons. The number of fused-ring (bicyclic) bond motifs is 1. The average molecular weight is 310 g/mol. The molecule has 0 bridgehead atoms. The summed E-state index contributed by atoms with van der Waals surface area (Å²) < 4.78 is 5.02. The molecule has 1 aliphatic rings. The van der Waals surface area contributed by atoms with Gasteiger partial charge in [-0.25, -0.2) is 0 Å². The fourth-order valence-electron chi connectivity index (χ4n) is 3.35. The van der Waals surface area contributed by atoms with E-state index in [1.807, 2.05) is 30.5 Å². The van der Waals surface area contributed by atoms with Crippen molar-refractivity contribution in [2.45, 2.75) is 32.4 Å². The van der Waals surface area contributed by atoms with Crippen LogP contribution in [0.2, 0.25) is 0 Å². The Morgan fingerprint density at radius 2 is 2.30 bits per heavy atom. The van der Waals surface area contributed by atoms with Gasteiger partial charge in [0.1, 0.15) is 0 Å². The Balaban J connectivity index is 1.59. The molecule has 0 amide bonds. The molecule has 1 fully saturated rings. The van der Waals surface area contributed by atoms with Crippen LogP contribution in [-0.2, 0) is 6.54 Å². The van der Waals surface area contributed by atoms with E-state index in [0.29, 0.717) is 18.3 Å². The smallest absolute Gasteiger partial charge is 0.223 e. The van der Waals surface area contributed by atoms with Gasteiger partial charge in [0, 0.05) is 29.6 Å². The van der Waals surface area contributed by atoms with Crippen LogP contribution in [0.4, 0.5) is 0 Å². The first-order chi connectivity index (χ1) is 11.2. The van der Waals surface area contributed by atoms with Gasteiger partial charge in [0.15, 0.2) is 11.6 Å². The summed E-state index contributed by atoms with van der Waals surface area (Å²) >= 11 is 0. The van der Waals surface area contributed by atoms with E-state index in [0.717, 1.165) is 35.9 Å². The quantitative estimate of drug-likeness (QED) is 0.750. The molecule has 0 saturated carbocycles. The van der Waals surface area contributed by atoms with E-state index in [1.54, 1.807) is 6.92 Å². The second kappa shape index (κ2) is 5.62. The molecule has 1 saturated heterocycles. The molecule has 1 aromatic carbocycles. The molecule has 4 rings (SSSR count). The van der Waals surface area contributed by atoms with Crippen molar-refractivity contribution in [2.24, 2.45) is 0 Å². The van der Waals surface area contributed by atoms with Crippen molar-refractivity contribution in [1.29, 1.82) is 0 Å². The van der Waals surface area contributed by atoms with E-state index < -0.39 is 0 Å². The van der Waals surface area contributed by atoms with Gasteiger partial charge < -0.3 is 9.51 Å².